The first kappa shape index (κ1) is 17.3. The van der Waals surface area contributed by atoms with Crippen LogP contribution in [-0.4, -0.2) is 18.3 Å². The minimum absolute atomic E-state index is 0.571. The van der Waals surface area contributed by atoms with Gasteiger partial charge in [-0.25, -0.2) is 0 Å². The molecule has 2 aromatic rings. The van der Waals surface area contributed by atoms with E-state index in [4.69, 9.17) is 17.0 Å². The van der Waals surface area contributed by atoms with Crippen molar-refractivity contribution in [1.29, 1.82) is 0 Å². The van der Waals surface area contributed by atoms with Gasteiger partial charge in [-0.1, -0.05) is 43.7 Å². The highest BCUT2D eigenvalue weighted by molar-refractivity contribution is 7.80. The molecule has 0 bridgehead atoms. The van der Waals surface area contributed by atoms with Gasteiger partial charge in [0.25, 0.3) is 0 Å². The summed E-state index contributed by atoms with van der Waals surface area (Å²) in [5.41, 5.74) is 2.37. The second kappa shape index (κ2) is 9.85. The van der Waals surface area contributed by atoms with E-state index in [0.29, 0.717) is 18.3 Å². The largest absolute Gasteiger partial charge is 0.492 e. The minimum atomic E-state index is 0.571. The van der Waals surface area contributed by atoms with E-state index < -0.39 is 0 Å². The zero-order valence-electron chi connectivity index (χ0n) is 13.5. The van der Waals surface area contributed by atoms with Crippen LogP contribution in [0.25, 0.3) is 0 Å². The van der Waals surface area contributed by atoms with Crippen molar-refractivity contribution in [1.82, 2.24) is 5.32 Å². The number of nitrogens with one attached hydrogen (secondary N) is 2. The fourth-order valence-corrected chi connectivity index (χ4v) is 2.38. The van der Waals surface area contributed by atoms with E-state index >= 15 is 0 Å². The van der Waals surface area contributed by atoms with Crippen molar-refractivity contribution in [3.05, 3.63) is 60.2 Å². The highest BCUT2D eigenvalue weighted by atomic mass is 32.1. The summed E-state index contributed by atoms with van der Waals surface area (Å²) in [5.74, 6) is 0.871. The Balaban J connectivity index is 1.66. The summed E-state index contributed by atoms with van der Waals surface area (Å²) in [4.78, 5) is 0. The van der Waals surface area contributed by atoms with Gasteiger partial charge in [-0.15, -0.1) is 0 Å². The maximum atomic E-state index is 5.61. The molecule has 2 aromatic carbocycles. The molecule has 0 atom stereocenters. The zero-order valence-corrected chi connectivity index (χ0v) is 14.4. The van der Waals surface area contributed by atoms with E-state index in [1.165, 1.54) is 18.4 Å². The predicted octanol–water partition coefficient (Wildman–Crippen LogP) is 4.39. The van der Waals surface area contributed by atoms with Gasteiger partial charge < -0.3 is 15.4 Å². The number of aryl methyl sites for hydroxylation is 1. The van der Waals surface area contributed by atoms with Gasteiger partial charge in [-0.2, -0.15) is 0 Å². The molecule has 0 saturated carbocycles. The molecule has 4 heteroatoms. The Morgan fingerprint density at radius 1 is 1.04 bits per heavy atom. The molecule has 2 N–H and O–H groups in total. The van der Waals surface area contributed by atoms with Gasteiger partial charge in [0.1, 0.15) is 12.4 Å². The van der Waals surface area contributed by atoms with Crippen LogP contribution in [0.2, 0.25) is 0 Å². The van der Waals surface area contributed by atoms with Crippen LogP contribution in [0, 0.1) is 0 Å². The number of hydrogen-bond acceptors (Lipinski definition) is 2. The average Bonchev–Trinajstić information content (AvgIpc) is 2.59. The third-order valence-corrected chi connectivity index (χ3v) is 3.68. The molecule has 0 aliphatic carbocycles. The van der Waals surface area contributed by atoms with Gasteiger partial charge in [0, 0.05) is 5.69 Å². The van der Waals surface area contributed by atoms with E-state index in [9.17, 15) is 0 Å². The molecule has 3 nitrogen and oxygen atoms in total. The molecule has 0 radical (unpaired) electrons. The Hall–Kier alpha value is -2.07. The third kappa shape index (κ3) is 6.70. The van der Waals surface area contributed by atoms with Crippen molar-refractivity contribution in [2.45, 2.75) is 26.2 Å². The minimum Gasteiger partial charge on any atom is -0.492 e. The number of thiocarbonyl (C=S) groups is 1. The van der Waals surface area contributed by atoms with Crippen LogP contribution in [0.3, 0.4) is 0 Å². The lowest BCUT2D eigenvalue weighted by Crippen LogP contribution is -2.31. The quantitative estimate of drug-likeness (QED) is 0.556. The maximum absolute atomic E-state index is 5.61. The van der Waals surface area contributed by atoms with Crippen LogP contribution in [0.1, 0.15) is 25.3 Å². The summed E-state index contributed by atoms with van der Waals surface area (Å²) in [6.07, 6.45) is 3.59. The maximum Gasteiger partial charge on any atom is 0.170 e. The lowest BCUT2D eigenvalue weighted by molar-refractivity contribution is 0.323. The summed E-state index contributed by atoms with van der Waals surface area (Å²) in [7, 11) is 0. The van der Waals surface area contributed by atoms with E-state index in [-0.39, 0.29) is 0 Å². The van der Waals surface area contributed by atoms with Gasteiger partial charge in [0.15, 0.2) is 5.11 Å². The lowest BCUT2D eigenvalue weighted by Gasteiger charge is -2.12. The topological polar surface area (TPSA) is 33.3 Å². The number of anilines is 1. The van der Waals surface area contributed by atoms with Gasteiger partial charge in [0.05, 0.1) is 6.54 Å². The Kier molecular flexibility index (Phi) is 7.40. The Morgan fingerprint density at radius 3 is 2.48 bits per heavy atom. The number of unbranched alkanes of at least 4 members (excludes halogenated alkanes) is 1. The summed E-state index contributed by atoms with van der Waals surface area (Å²) < 4.78 is 5.61. The summed E-state index contributed by atoms with van der Waals surface area (Å²) >= 11 is 5.29. The van der Waals surface area contributed by atoms with Crippen molar-refractivity contribution in [2.24, 2.45) is 0 Å². The second-order valence-corrected chi connectivity index (χ2v) is 5.75. The number of rotatable bonds is 8. The molecule has 0 aliphatic heterocycles. The first-order valence-electron chi connectivity index (χ1n) is 8.09. The van der Waals surface area contributed by atoms with Gasteiger partial charge in [-0.3, -0.25) is 0 Å². The van der Waals surface area contributed by atoms with Gasteiger partial charge in [-0.05, 0) is 54.9 Å². The second-order valence-electron chi connectivity index (χ2n) is 5.34. The zero-order chi connectivity index (χ0) is 16.3. The number of benzene rings is 2. The lowest BCUT2D eigenvalue weighted by atomic mass is 10.1. The monoisotopic (exact) mass is 328 g/mol. The van der Waals surface area contributed by atoms with Gasteiger partial charge >= 0.3 is 0 Å². The van der Waals surface area contributed by atoms with Crippen molar-refractivity contribution in [2.75, 3.05) is 18.5 Å². The van der Waals surface area contributed by atoms with E-state index in [1.54, 1.807) is 0 Å². The van der Waals surface area contributed by atoms with Gasteiger partial charge in [0.2, 0.25) is 0 Å². The Labute approximate surface area is 144 Å². The molecular formula is C19H24N2OS. The van der Waals surface area contributed by atoms with Crippen molar-refractivity contribution in [3.63, 3.8) is 0 Å². The highest BCUT2D eigenvalue weighted by Crippen LogP contribution is 2.11. The normalized spacial score (nSPS) is 10.1. The van der Waals surface area contributed by atoms with Crippen LogP contribution < -0.4 is 15.4 Å². The molecule has 23 heavy (non-hydrogen) atoms. The molecule has 0 fully saturated rings. The summed E-state index contributed by atoms with van der Waals surface area (Å²) in [5, 5.41) is 6.95. The number of para-hydroxylation sites is 1. The molecule has 0 aliphatic rings. The van der Waals surface area contributed by atoms with E-state index in [1.807, 2.05) is 30.3 Å². The molecule has 122 valence electrons. The van der Waals surface area contributed by atoms with Crippen LogP contribution >= 0.6 is 12.2 Å². The SMILES string of the molecule is CCCCc1ccc(NC(=S)NCCOc2ccccc2)cc1. The molecule has 0 unspecified atom stereocenters. The molecule has 0 aromatic heterocycles. The van der Waals surface area contributed by atoms with Crippen LogP contribution in [-0.2, 0) is 6.42 Å². The Bertz CT molecular complexity index is 584. The molecular weight excluding hydrogens is 304 g/mol. The number of ether oxygens (including phenoxy) is 1. The fraction of sp³-hybridized carbons (Fsp3) is 0.316. The standard InChI is InChI=1S/C19H24N2OS/c1-2-3-7-16-10-12-17(13-11-16)21-19(23)20-14-15-22-18-8-5-4-6-9-18/h4-6,8-13H,2-3,7,14-15H2,1H3,(H2,20,21,23). The molecule has 0 saturated heterocycles. The summed E-state index contributed by atoms with van der Waals surface area (Å²) in [6.45, 7) is 3.44. The molecule has 0 amide bonds. The number of hydrogen-bond donors (Lipinski definition) is 2. The van der Waals surface area contributed by atoms with Crippen LogP contribution in [0.15, 0.2) is 54.6 Å². The average molecular weight is 328 g/mol. The molecule has 2 rings (SSSR count). The van der Waals surface area contributed by atoms with E-state index in [0.717, 1.165) is 17.9 Å². The van der Waals surface area contributed by atoms with Crippen LogP contribution in [0.5, 0.6) is 5.75 Å². The predicted molar refractivity (Wildman–Crippen MR) is 101 cm³/mol. The van der Waals surface area contributed by atoms with Crippen LogP contribution in [0.4, 0.5) is 5.69 Å². The third-order valence-electron chi connectivity index (χ3n) is 3.43. The van der Waals surface area contributed by atoms with Crippen molar-refractivity contribution >= 4 is 23.0 Å². The first-order valence-corrected chi connectivity index (χ1v) is 8.50. The van der Waals surface area contributed by atoms with Crippen molar-refractivity contribution in [3.8, 4) is 5.75 Å². The van der Waals surface area contributed by atoms with E-state index in [2.05, 4.69) is 41.8 Å². The summed E-state index contributed by atoms with van der Waals surface area (Å²) in [6, 6.07) is 18.2. The molecule has 0 spiro atoms. The first-order chi connectivity index (χ1) is 11.3. The highest BCUT2D eigenvalue weighted by Gasteiger charge is 1.99. The molecule has 0 heterocycles. The van der Waals surface area contributed by atoms with Crippen molar-refractivity contribution < 1.29 is 4.74 Å². The smallest absolute Gasteiger partial charge is 0.170 e. The fourth-order valence-electron chi connectivity index (χ4n) is 2.16. The Morgan fingerprint density at radius 2 is 1.78 bits per heavy atom.